The van der Waals surface area contributed by atoms with Crippen molar-refractivity contribution in [3.05, 3.63) is 59.7 Å². The highest BCUT2D eigenvalue weighted by Crippen LogP contribution is 2.36. The third-order valence-corrected chi connectivity index (χ3v) is 3.94. The maximum Gasteiger partial charge on any atom is 0.118 e. The molecule has 0 spiro atoms. The standard InChI is InChI=1S/C21H20O2/c1-5-7-16-21(6-2,17-8-12-19(22-3)13-9-17)18-10-14-20(23-4)15-11-18/h2,8-15H,16H2,1,3-4H3. The first kappa shape index (κ1) is 16.5. The topological polar surface area (TPSA) is 18.5 Å². The van der Waals surface area contributed by atoms with Crippen molar-refractivity contribution in [3.8, 4) is 35.7 Å². The van der Waals surface area contributed by atoms with Crippen LogP contribution in [0, 0.1) is 24.2 Å². The molecule has 2 aromatic rings. The Labute approximate surface area is 138 Å². The monoisotopic (exact) mass is 304 g/mol. The van der Waals surface area contributed by atoms with Crippen LogP contribution >= 0.6 is 0 Å². The van der Waals surface area contributed by atoms with Gasteiger partial charge in [0.15, 0.2) is 0 Å². The van der Waals surface area contributed by atoms with Gasteiger partial charge in [-0.2, -0.15) is 0 Å². The van der Waals surface area contributed by atoms with Crippen LogP contribution in [0.1, 0.15) is 24.5 Å². The fourth-order valence-corrected chi connectivity index (χ4v) is 2.56. The summed E-state index contributed by atoms with van der Waals surface area (Å²) in [7, 11) is 3.30. The number of hydrogen-bond acceptors (Lipinski definition) is 2. The molecule has 2 heteroatoms. The predicted octanol–water partition coefficient (Wildman–Crippen LogP) is 4.04. The first-order valence-corrected chi connectivity index (χ1v) is 7.36. The number of terminal acetylenes is 1. The predicted molar refractivity (Wildman–Crippen MR) is 93.7 cm³/mol. The van der Waals surface area contributed by atoms with Crippen molar-refractivity contribution in [2.75, 3.05) is 14.2 Å². The molecule has 2 rings (SSSR count). The fraction of sp³-hybridized carbons (Fsp3) is 0.238. The lowest BCUT2D eigenvalue weighted by atomic mass is 9.73. The van der Waals surface area contributed by atoms with Gasteiger partial charge in [-0.1, -0.05) is 30.2 Å². The second-order valence-corrected chi connectivity index (χ2v) is 5.11. The van der Waals surface area contributed by atoms with Crippen LogP contribution in [0.4, 0.5) is 0 Å². The lowest BCUT2D eigenvalue weighted by molar-refractivity contribution is 0.414. The zero-order valence-electron chi connectivity index (χ0n) is 13.7. The number of methoxy groups -OCH3 is 2. The van der Waals surface area contributed by atoms with Crippen LogP contribution in [0.5, 0.6) is 11.5 Å². The molecule has 0 N–H and O–H groups in total. The maximum atomic E-state index is 5.97. The Morgan fingerprint density at radius 1 is 0.870 bits per heavy atom. The molecule has 0 aliphatic heterocycles. The Balaban J connectivity index is 2.57. The van der Waals surface area contributed by atoms with Gasteiger partial charge in [-0.05, 0) is 42.3 Å². The highest BCUT2D eigenvalue weighted by molar-refractivity contribution is 5.51. The van der Waals surface area contributed by atoms with Crippen molar-refractivity contribution in [3.63, 3.8) is 0 Å². The van der Waals surface area contributed by atoms with Crippen molar-refractivity contribution in [2.45, 2.75) is 18.8 Å². The Kier molecular flexibility index (Phi) is 5.34. The van der Waals surface area contributed by atoms with E-state index in [0.29, 0.717) is 6.42 Å². The zero-order chi connectivity index (χ0) is 16.7. The minimum atomic E-state index is -0.596. The Morgan fingerprint density at radius 3 is 1.61 bits per heavy atom. The van der Waals surface area contributed by atoms with Gasteiger partial charge in [0, 0.05) is 6.42 Å². The molecular weight excluding hydrogens is 284 g/mol. The molecule has 0 unspecified atom stereocenters. The van der Waals surface area contributed by atoms with Gasteiger partial charge in [0.2, 0.25) is 0 Å². The minimum Gasteiger partial charge on any atom is -0.497 e. The van der Waals surface area contributed by atoms with Gasteiger partial charge in [-0.15, -0.1) is 18.3 Å². The summed E-state index contributed by atoms with van der Waals surface area (Å²) in [4.78, 5) is 0. The van der Waals surface area contributed by atoms with Gasteiger partial charge in [0.05, 0.1) is 19.6 Å². The summed E-state index contributed by atoms with van der Waals surface area (Å²) in [6.07, 6.45) is 6.53. The lowest BCUT2D eigenvalue weighted by Gasteiger charge is -2.28. The van der Waals surface area contributed by atoms with Crippen molar-refractivity contribution < 1.29 is 9.47 Å². The van der Waals surface area contributed by atoms with Gasteiger partial charge in [-0.3, -0.25) is 0 Å². The molecule has 2 nitrogen and oxygen atoms in total. The van der Waals surface area contributed by atoms with Crippen LogP contribution in [-0.4, -0.2) is 14.2 Å². The van der Waals surface area contributed by atoms with Crippen LogP contribution in [0.3, 0.4) is 0 Å². The van der Waals surface area contributed by atoms with E-state index in [2.05, 4.69) is 17.8 Å². The van der Waals surface area contributed by atoms with E-state index in [1.54, 1.807) is 14.2 Å². The molecule has 2 aromatic carbocycles. The van der Waals surface area contributed by atoms with Gasteiger partial charge >= 0.3 is 0 Å². The molecule has 0 saturated carbocycles. The summed E-state index contributed by atoms with van der Waals surface area (Å²) < 4.78 is 10.5. The normalized spacial score (nSPS) is 10.2. The summed E-state index contributed by atoms with van der Waals surface area (Å²) >= 11 is 0. The smallest absolute Gasteiger partial charge is 0.118 e. The Bertz CT molecular complexity index is 690. The Morgan fingerprint density at radius 2 is 1.30 bits per heavy atom. The molecule has 0 aromatic heterocycles. The molecule has 0 aliphatic carbocycles. The fourth-order valence-electron chi connectivity index (χ4n) is 2.56. The third-order valence-electron chi connectivity index (χ3n) is 3.94. The Hall–Kier alpha value is -2.84. The van der Waals surface area contributed by atoms with Crippen molar-refractivity contribution >= 4 is 0 Å². The molecule has 0 fully saturated rings. The largest absolute Gasteiger partial charge is 0.497 e. The molecular formula is C21H20O2. The molecule has 0 heterocycles. The molecule has 0 radical (unpaired) electrons. The molecule has 0 amide bonds. The quantitative estimate of drug-likeness (QED) is 0.776. The van der Waals surface area contributed by atoms with Crippen LogP contribution in [0.2, 0.25) is 0 Å². The van der Waals surface area contributed by atoms with E-state index in [0.717, 1.165) is 22.6 Å². The van der Waals surface area contributed by atoms with Gasteiger partial charge in [-0.25, -0.2) is 0 Å². The van der Waals surface area contributed by atoms with Crippen LogP contribution in [0.25, 0.3) is 0 Å². The first-order chi connectivity index (χ1) is 11.2. The van der Waals surface area contributed by atoms with Crippen LogP contribution < -0.4 is 9.47 Å². The number of ether oxygens (including phenoxy) is 2. The van der Waals surface area contributed by atoms with Crippen molar-refractivity contribution in [2.24, 2.45) is 0 Å². The SMILES string of the molecule is C#CC(CC#CC)(c1ccc(OC)cc1)c1ccc(OC)cc1. The van der Waals surface area contributed by atoms with E-state index in [-0.39, 0.29) is 0 Å². The summed E-state index contributed by atoms with van der Waals surface area (Å²) in [5.41, 5.74) is 1.45. The number of rotatable bonds is 5. The lowest BCUT2D eigenvalue weighted by Crippen LogP contribution is -2.25. The van der Waals surface area contributed by atoms with Crippen molar-refractivity contribution in [1.82, 2.24) is 0 Å². The zero-order valence-corrected chi connectivity index (χ0v) is 13.7. The second kappa shape index (κ2) is 7.43. The summed E-state index contributed by atoms with van der Waals surface area (Å²) in [6.45, 7) is 1.82. The highest BCUT2D eigenvalue weighted by Gasteiger charge is 2.31. The average molecular weight is 304 g/mol. The second-order valence-electron chi connectivity index (χ2n) is 5.11. The van der Waals surface area contributed by atoms with Gasteiger partial charge in [0.1, 0.15) is 11.5 Å². The van der Waals surface area contributed by atoms with E-state index in [4.69, 9.17) is 15.9 Å². The van der Waals surface area contributed by atoms with Crippen LogP contribution in [0.15, 0.2) is 48.5 Å². The number of benzene rings is 2. The summed E-state index contributed by atoms with van der Waals surface area (Å²) in [5.74, 6) is 10.7. The molecule has 0 saturated heterocycles. The minimum absolute atomic E-state index is 0.554. The van der Waals surface area contributed by atoms with Gasteiger partial charge < -0.3 is 9.47 Å². The van der Waals surface area contributed by atoms with E-state index < -0.39 is 5.41 Å². The van der Waals surface area contributed by atoms with E-state index >= 15 is 0 Å². The highest BCUT2D eigenvalue weighted by atomic mass is 16.5. The van der Waals surface area contributed by atoms with Gasteiger partial charge in [0.25, 0.3) is 0 Å². The number of hydrogen-bond donors (Lipinski definition) is 0. The van der Waals surface area contributed by atoms with Crippen LogP contribution in [-0.2, 0) is 5.41 Å². The van der Waals surface area contributed by atoms with E-state index in [1.165, 1.54) is 0 Å². The first-order valence-electron chi connectivity index (χ1n) is 7.36. The summed E-state index contributed by atoms with van der Waals surface area (Å²) in [6, 6.07) is 15.7. The molecule has 116 valence electrons. The maximum absolute atomic E-state index is 5.97. The average Bonchev–Trinajstić information content (AvgIpc) is 2.63. The van der Waals surface area contributed by atoms with Crippen molar-refractivity contribution in [1.29, 1.82) is 0 Å². The molecule has 23 heavy (non-hydrogen) atoms. The molecule has 0 aliphatic rings. The van der Waals surface area contributed by atoms with E-state index in [9.17, 15) is 0 Å². The molecule has 0 atom stereocenters. The summed E-state index contributed by atoms with van der Waals surface area (Å²) in [5, 5.41) is 0. The molecule has 0 bridgehead atoms. The third kappa shape index (κ3) is 3.33. The van der Waals surface area contributed by atoms with E-state index in [1.807, 2.05) is 55.5 Å².